The third kappa shape index (κ3) is 2.78. The van der Waals surface area contributed by atoms with E-state index in [1.165, 1.54) is 6.20 Å². The van der Waals surface area contributed by atoms with Gasteiger partial charge in [0.25, 0.3) is 5.91 Å². The van der Waals surface area contributed by atoms with E-state index in [0.717, 1.165) is 0 Å². The molecule has 0 unspecified atom stereocenters. The number of carbonyl (C=O) groups excluding carboxylic acids is 1. The average Bonchev–Trinajstić information content (AvgIpc) is 2.77. The molecule has 0 aromatic carbocycles. The van der Waals surface area contributed by atoms with Gasteiger partial charge in [-0.2, -0.15) is 15.4 Å². The Kier molecular flexibility index (Phi) is 3.98. The van der Waals surface area contributed by atoms with E-state index in [9.17, 15) is 9.59 Å². The maximum atomic E-state index is 11.5. The standard InChI is InChI=1S/C9H14N4O3/c1-3-5(2)7(9(15)16)11-8(14)6-4-10-13-12-6/h4-5,7H,3H2,1-2H3,(H,11,14)(H,15,16)(H,10,12,13)/t5-,7-/m0/s1. The molecule has 0 bridgehead atoms. The molecule has 0 radical (unpaired) electrons. The molecule has 0 fully saturated rings. The molecule has 0 aliphatic heterocycles. The number of aromatic nitrogens is 3. The van der Waals surface area contributed by atoms with Crippen molar-refractivity contribution >= 4 is 11.9 Å². The summed E-state index contributed by atoms with van der Waals surface area (Å²) >= 11 is 0. The van der Waals surface area contributed by atoms with Crippen LogP contribution in [0.2, 0.25) is 0 Å². The van der Waals surface area contributed by atoms with E-state index in [2.05, 4.69) is 20.7 Å². The van der Waals surface area contributed by atoms with Crippen molar-refractivity contribution in [2.45, 2.75) is 26.3 Å². The van der Waals surface area contributed by atoms with E-state index < -0.39 is 17.9 Å². The molecule has 7 nitrogen and oxygen atoms in total. The fraction of sp³-hybridized carbons (Fsp3) is 0.556. The maximum Gasteiger partial charge on any atom is 0.326 e. The molecule has 0 aliphatic carbocycles. The average molecular weight is 226 g/mol. The smallest absolute Gasteiger partial charge is 0.326 e. The predicted octanol–water partition coefficient (Wildman–Crippen LogP) is 0.0338. The van der Waals surface area contributed by atoms with Gasteiger partial charge in [0, 0.05) is 0 Å². The van der Waals surface area contributed by atoms with Crippen LogP contribution in [0.15, 0.2) is 6.20 Å². The predicted molar refractivity (Wildman–Crippen MR) is 54.7 cm³/mol. The number of carbonyl (C=O) groups is 2. The molecule has 1 rings (SSSR count). The zero-order valence-corrected chi connectivity index (χ0v) is 9.10. The summed E-state index contributed by atoms with van der Waals surface area (Å²) in [5.74, 6) is -1.74. The Bertz CT molecular complexity index is 363. The van der Waals surface area contributed by atoms with E-state index in [0.29, 0.717) is 6.42 Å². The first-order valence-electron chi connectivity index (χ1n) is 4.95. The Morgan fingerprint density at radius 3 is 2.75 bits per heavy atom. The minimum atomic E-state index is -1.05. The molecule has 1 heterocycles. The molecule has 0 saturated carbocycles. The minimum Gasteiger partial charge on any atom is -0.480 e. The number of hydrogen-bond donors (Lipinski definition) is 3. The van der Waals surface area contributed by atoms with Gasteiger partial charge in [0.15, 0.2) is 5.69 Å². The Morgan fingerprint density at radius 1 is 1.62 bits per heavy atom. The van der Waals surface area contributed by atoms with Crippen molar-refractivity contribution in [2.24, 2.45) is 5.92 Å². The molecular weight excluding hydrogens is 212 g/mol. The third-order valence-electron chi connectivity index (χ3n) is 2.41. The molecule has 1 aromatic heterocycles. The summed E-state index contributed by atoms with van der Waals surface area (Å²) < 4.78 is 0. The molecule has 0 saturated heterocycles. The topological polar surface area (TPSA) is 108 Å². The summed E-state index contributed by atoms with van der Waals surface area (Å²) in [5, 5.41) is 20.7. The lowest BCUT2D eigenvalue weighted by molar-refractivity contribution is -0.140. The Hall–Kier alpha value is -1.92. The van der Waals surface area contributed by atoms with Crippen LogP contribution in [0.4, 0.5) is 0 Å². The number of aromatic amines is 1. The SMILES string of the molecule is CC[C@H](C)[C@H](NC(=O)c1cn[nH]n1)C(=O)O. The first-order chi connectivity index (χ1) is 7.56. The lowest BCUT2D eigenvalue weighted by atomic mass is 9.99. The Balaban J connectivity index is 2.69. The first-order valence-corrected chi connectivity index (χ1v) is 4.95. The number of rotatable bonds is 5. The van der Waals surface area contributed by atoms with Gasteiger partial charge in [-0.15, -0.1) is 0 Å². The highest BCUT2D eigenvalue weighted by atomic mass is 16.4. The van der Waals surface area contributed by atoms with Crippen molar-refractivity contribution in [1.29, 1.82) is 0 Å². The zero-order valence-electron chi connectivity index (χ0n) is 9.10. The van der Waals surface area contributed by atoms with Gasteiger partial charge in [0.05, 0.1) is 6.20 Å². The van der Waals surface area contributed by atoms with Crippen LogP contribution in [0.1, 0.15) is 30.8 Å². The molecule has 1 amide bonds. The van der Waals surface area contributed by atoms with Gasteiger partial charge >= 0.3 is 5.97 Å². The van der Waals surface area contributed by atoms with E-state index in [-0.39, 0.29) is 11.6 Å². The van der Waals surface area contributed by atoms with E-state index in [1.807, 2.05) is 6.92 Å². The lowest BCUT2D eigenvalue weighted by Gasteiger charge is -2.19. The number of aliphatic carboxylic acids is 1. The fourth-order valence-corrected chi connectivity index (χ4v) is 1.21. The zero-order chi connectivity index (χ0) is 12.1. The van der Waals surface area contributed by atoms with Crippen LogP contribution in [-0.4, -0.2) is 38.4 Å². The van der Waals surface area contributed by atoms with Gasteiger partial charge in [0.2, 0.25) is 0 Å². The third-order valence-corrected chi connectivity index (χ3v) is 2.41. The van der Waals surface area contributed by atoms with Crippen molar-refractivity contribution in [3.05, 3.63) is 11.9 Å². The molecule has 0 spiro atoms. The molecule has 7 heteroatoms. The van der Waals surface area contributed by atoms with Crippen LogP contribution >= 0.6 is 0 Å². The van der Waals surface area contributed by atoms with Crippen LogP contribution in [0.5, 0.6) is 0 Å². The lowest BCUT2D eigenvalue weighted by Crippen LogP contribution is -2.45. The van der Waals surface area contributed by atoms with E-state index in [4.69, 9.17) is 5.11 Å². The minimum absolute atomic E-state index is 0.0783. The van der Waals surface area contributed by atoms with Crippen LogP contribution in [0.3, 0.4) is 0 Å². The van der Waals surface area contributed by atoms with Crippen LogP contribution in [0.25, 0.3) is 0 Å². The van der Waals surface area contributed by atoms with Crippen LogP contribution in [-0.2, 0) is 4.79 Å². The number of amides is 1. The molecule has 88 valence electrons. The first kappa shape index (κ1) is 12.2. The normalized spacial score (nSPS) is 14.1. The highest BCUT2D eigenvalue weighted by Crippen LogP contribution is 2.08. The molecule has 0 aliphatic rings. The Morgan fingerprint density at radius 2 is 2.31 bits per heavy atom. The van der Waals surface area contributed by atoms with Gasteiger partial charge in [-0.3, -0.25) is 4.79 Å². The van der Waals surface area contributed by atoms with Gasteiger partial charge in [-0.1, -0.05) is 20.3 Å². The number of hydrogen-bond acceptors (Lipinski definition) is 4. The summed E-state index contributed by atoms with van der Waals surface area (Å²) in [6.07, 6.45) is 1.90. The maximum absolute atomic E-state index is 11.5. The summed E-state index contributed by atoms with van der Waals surface area (Å²) in [6.45, 7) is 3.63. The summed E-state index contributed by atoms with van der Waals surface area (Å²) in [4.78, 5) is 22.5. The second kappa shape index (κ2) is 5.24. The summed E-state index contributed by atoms with van der Waals surface area (Å²) in [7, 11) is 0. The quantitative estimate of drug-likeness (QED) is 0.656. The van der Waals surface area contributed by atoms with E-state index >= 15 is 0 Å². The molecule has 16 heavy (non-hydrogen) atoms. The molecule has 1 aromatic rings. The highest BCUT2D eigenvalue weighted by Gasteiger charge is 2.26. The Labute approximate surface area is 92.2 Å². The fourth-order valence-electron chi connectivity index (χ4n) is 1.21. The van der Waals surface area contributed by atoms with E-state index in [1.54, 1.807) is 6.92 Å². The second-order valence-corrected chi connectivity index (χ2v) is 3.53. The molecular formula is C9H14N4O3. The molecule has 2 atom stereocenters. The number of carboxylic acids is 1. The van der Waals surface area contributed by atoms with Crippen molar-refractivity contribution in [1.82, 2.24) is 20.7 Å². The van der Waals surface area contributed by atoms with Crippen LogP contribution in [0, 0.1) is 5.92 Å². The number of nitrogens with zero attached hydrogens (tertiary/aromatic N) is 2. The number of nitrogens with one attached hydrogen (secondary N) is 2. The molecule has 3 N–H and O–H groups in total. The number of H-pyrrole nitrogens is 1. The monoisotopic (exact) mass is 226 g/mol. The van der Waals surface area contributed by atoms with Gasteiger partial charge in [-0.05, 0) is 5.92 Å². The van der Waals surface area contributed by atoms with Crippen molar-refractivity contribution < 1.29 is 14.7 Å². The highest BCUT2D eigenvalue weighted by molar-refractivity contribution is 5.94. The largest absolute Gasteiger partial charge is 0.480 e. The van der Waals surface area contributed by atoms with Crippen molar-refractivity contribution in [3.63, 3.8) is 0 Å². The van der Waals surface area contributed by atoms with Gasteiger partial charge < -0.3 is 10.4 Å². The van der Waals surface area contributed by atoms with Gasteiger partial charge in [0.1, 0.15) is 6.04 Å². The summed E-state index contributed by atoms with van der Waals surface area (Å²) in [5.41, 5.74) is 0.0783. The van der Waals surface area contributed by atoms with Gasteiger partial charge in [-0.25, -0.2) is 4.79 Å². The summed E-state index contributed by atoms with van der Waals surface area (Å²) in [6, 6.07) is -0.908. The number of carboxylic acid groups (broad SMARTS) is 1. The van der Waals surface area contributed by atoms with Crippen molar-refractivity contribution in [3.8, 4) is 0 Å². The van der Waals surface area contributed by atoms with Crippen molar-refractivity contribution in [2.75, 3.05) is 0 Å². The second-order valence-electron chi connectivity index (χ2n) is 3.53. The van der Waals surface area contributed by atoms with Crippen LogP contribution < -0.4 is 5.32 Å².